The van der Waals surface area contributed by atoms with Gasteiger partial charge in [0.1, 0.15) is 0 Å². The van der Waals surface area contributed by atoms with Crippen LogP contribution in [0, 0.1) is 6.92 Å². The summed E-state index contributed by atoms with van der Waals surface area (Å²) in [4.78, 5) is 8.33. The monoisotopic (exact) mass is 226 g/mol. The quantitative estimate of drug-likeness (QED) is 0.607. The molecule has 0 unspecified atom stereocenters. The molecule has 1 aromatic carbocycles. The lowest BCUT2D eigenvalue weighted by Gasteiger charge is -2.03. The molecule has 0 amide bonds. The van der Waals surface area contributed by atoms with Crippen LogP contribution in [0.15, 0.2) is 47.6 Å². The van der Waals surface area contributed by atoms with Gasteiger partial charge in [0.2, 0.25) is 0 Å². The van der Waals surface area contributed by atoms with E-state index in [1.165, 1.54) is 5.56 Å². The second-order valence-corrected chi connectivity index (χ2v) is 3.81. The first-order valence-electron chi connectivity index (χ1n) is 5.28. The van der Waals surface area contributed by atoms with Crippen LogP contribution >= 0.6 is 0 Å². The Morgan fingerprint density at radius 2 is 2.00 bits per heavy atom. The number of guanidine groups is 1. The van der Waals surface area contributed by atoms with Crippen LogP contribution in [0.2, 0.25) is 0 Å². The SMILES string of the molecule is Cc1ccnc(-c2cccc(N=C(N)N)c2)c1. The Morgan fingerprint density at radius 1 is 1.18 bits per heavy atom. The smallest absolute Gasteiger partial charge is 0.191 e. The molecule has 1 aromatic heterocycles. The molecule has 0 aliphatic carbocycles. The number of nitrogens with zero attached hydrogens (tertiary/aromatic N) is 2. The van der Waals surface area contributed by atoms with Crippen molar-refractivity contribution < 1.29 is 0 Å². The van der Waals surface area contributed by atoms with Crippen LogP contribution < -0.4 is 11.5 Å². The first kappa shape index (κ1) is 11.1. The molecule has 0 aliphatic heterocycles. The first-order chi connectivity index (χ1) is 8.15. The van der Waals surface area contributed by atoms with Gasteiger partial charge in [-0.15, -0.1) is 0 Å². The van der Waals surface area contributed by atoms with E-state index in [1.807, 2.05) is 43.3 Å². The van der Waals surface area contributed by atoms with E-state index in [9.17, 15) is 0 Å². The Kier molecular flexibility index (Phi) is 3.05. The predicted octanol–water partition coefficient (Wildman–Crippen LogP) is 1.96. The van der Waals surface area contributed by atoms with Gasteiger partial charge in [-0.2, -0.15) is 0 Å². The van der Waals surface area contributed by atoms with Crippen LogP contribution in [-0.4, -0.2) is 10.9 Å². The van der Waals surface area contributed by atoms with E-state index in [0.717, 1.165) is 16.9 Å². The molecule has 86 valence electrons. The molecule has 0 radical (unpaired) electrons. The van der Waals surface area contributed by atoms with Gasteiger partial charge in [0.05, 0.1) is 11.4 Å². The minimum absolute atomic E-state index is 0.0550. The third-order valence-corrected chi connectivity index (χ3v) is 2.32. The van der Waals surface area contributed by atoms with Crippen molar-refractivity contribution in [2.24, 2.45) is 16.5 Å². The van der Waals surface area contributed by atoms with Gasteiger partial charge in [0, 0.05) is 11.8 Å². The fraction of sp³-hybridized carbons (Fsp3) is 0.0769. The Hall–Kier alpha value is -2.36. The zero-order valence-corrected chi connectivity index (χ0v) is 9.59. The van der Waals surface area contributed by atoms with E-state index >= 15 is 0 Å². The molecule has 0 bridgehead atoms. The molecule has 0 saturated heterocycles. The molecule has 4 heteroatoms. The maximum absolute atomic E-state index is 5.35. The van der Waals surface area contributed by atoms with Crippen molar-refractivity contribution in [3.63, 3.8) is 0 Å². The third kappa shape index (κ3) is 2.81. The average Bonchev–Trinajstić information content (AvgIpc) is 2.28. The van der Waals surface area contributed by atoms with Crippen LogP contribution in [0.1, 0.15) is 5.56 Å². The van der Waals surface area contributed by atoms with Crippen LogP contribution in [0.5, 0.6) is 0 Å². The molecule has 1 heterocycles. The number of hydrogen-bond acceptors (Lipinski definition) is 2. The highest BCUT2D eigenvalue weighted by Crippen LogP contribution is 2.22. The third-order valence-electron chi connectivity index (χ3n) is 2.32. The van der Waals surface area contributed by atoms with E-state index in [1.54, 1.807) is 6.20 Å². The fourth-order valence-electron chi connectivity index (χ4n) is 1.58. The number of aliphatic imine (C=N–C) groups is 1. The Balaban J connectivity index is 2.43. The summed E-state index contributed by atoms with van der Waals surface area (Å²) in [6, 6.07) is 11.6. The zero-order valence-electron chi connectivity index (χ0n) is 9.59. The minimum atomic E-state index is 0.0550. The van der Waals surface area contributed by atoms with Crippen molar-refractivity contribution in [3.05, 3.63) is 48.2 Å². The number of aromatic nitrogens is 1. The van der Waals surface area contributed by atoms with E-state index in [4.69, 9.17) is 11.5 Å². The van der Waals surface area contributed by atoms with E-state index < -0.39 is 0 Å². The normalized spacial score (nSPS) is 9.94. The zero-order chi connectivity index (χ0) is 12.3. The van der Waals surface area contributed by atoms with E-state index in [2.05, 4.69) is 9.98 Å². The standard InChI is InChI=1S/C13H14N4/c1-9-5-6-16-12(7-9)10-3-2-4-11(8-10)17-13(14)15/h2-8H,1H3,(H4,14,15,17). The van der Waals surface area contributed by atoms with Crippen LogP contribution in [0.3, 0.4) is 0 Å². The van der Waals surface area contributed by atoms with Gasteiger partial charge in [-0.1, -0.05) is 12.1 Å². The van der Waals surface area contributed by atoms with E-state index in [-0.39, 0.29) is 5.96 Å². The number of rotatable bonds is 2. The van der Waals surface area contributed by atoms with Crippen molar-refractivity contribution >= 4 is 11.6 Å². The molecular formula is C13H14N4. The molecule has 0 spiro atoms. The van der Waals surface area contributed by atoms with Crippen LogP contribution in [0.25, 0.3) is 11.3 Å². The summed E-state index contributed by atoms with van der Waals surface area (Å²) < 4.78 is 0. The summed E-state index contributed by atoms with van der Waals surface area (Å²) in [5, 5.41) is 0. The molecule has 0 fully saturated rings. The Morgan fingerprint density at radius 3 is 2.71 bits per heavy atom. The summed E-state index contributed by atoms with van der Waals surface area (Å²) in [7, 11) is 0. The van der Waals surface area contributed by atoms with Crippen molar-refractivity contribution in [1.29, 1.82) is 0 Å². The molecule has 0 aliphatic rings. The van der Waals surface area contributed by atoms with E-state index in [0.29, 0.717) is 0 Å². The number of nitrogens with two attached hydrogens (primary N) is 2. The van der Waals surface area contributed by atoms with Crippen molar-refractivity contribution in [2.75, 3.05) is 0 Å². The lowest BCUT2D eigenvalue weighted by atomic mass is 10.1. The highest BCUT2D eigenvalue weighted by Gasteiger charge is 2.00. The summed E-state index contributed by atoms with van der Waals surface area (Å²) in [5.41, 5.74) is 14.5. The Bertz CT molecular complexity index is 557. The lowest BCUT2D eigenvalue weighted by Crippen LogP contribution is -2.21. The average molecular weight is 226 g/mol. The fourth-order valence-corrected chi connectivity index (χ4v) is 1.58. The largest absolute Gasteiger partial charge is 0.370 e. The van der Waals surface area contributed by atoms with Crippen LogP contribution in [-0.2, 0) is 0 Å². The van der Waals surface area contributed by atoms with Crippen molar-refractivity contribution in [2.45, 2.75) is 6.92 Å². The maximum atomic E-state index is 5.35. The molecule has 2 aromatic rings. The predicted molar refractivity (Wildman–Crippen MR) is 69.9 cm³/mol. The first-order valence-corrected chi connectivity index (χ1v) is 5.28. The number of benzene rings is 1. The second kappa shape index (κ2) is 4.65. The lowest BCUT2D eigenvalue weighted by molar-refractivity contribution is 1.28. The van der Waals surface area contributed by atoms with Crippen molar-refractivity contribution in [1.82, 2.24) is 4.98 Å². The van der Waals surface area contributed by atoms with Gasteiger partial charge in [0.15, 0.2) is 5.96 Å². The van der Waals surface area contributed by atoms with Crippen LogP contribution in [0.4, 0.5) is 5.69 Å². The summed E-state index contributed by atoms with van der Waals surface area (Å²) in [5.74, 6) is 0.0550. The number of aryl methyl sites for hydroxylation is 1. The Labute approximate surface area is 100 Å². The molecule has 0 atom stereocenters. The summed E-state index contributed by atoms with van der Waals surface area (Å²) in [6.07, 6.45) is 1.79. The van der Waals surface area contributed by atoms with Gasteiger partial charge in [-0.3, -0.25) is 4.98 Å². The molecule has 0 saturated carbocycles. The topological polar surface area (TPSA) is 77.3 Å². The van der Waals surface area contributed by atoms with Gasteiger partial charge in [0.25, 0.3) is 0 Å². The second-order valence-electron chi connectivity index (χ2n) is 3.81. The van der Waals surface area contributed by atoms with Crippen molar-refractivity contribution in [3.8, 4) is 11.3 Å². The summed E-state index contributed by atoms with van der Waals surface area (Å²) in [6.45, 7) is 2.03. The minimum Gasteiger partial charge on any atom is -0.370 e. The highest BCUT2D eigenvalue weighted by molar-refractivity contribution is 5.79. The molecule has 4 N–H and O–H groups in total. The maximum Gasteiger partial charge on any atom is 0.191 e. The summed E-state index contributed by atoms with van der Waals surface area (Å²) >= 11 is 0. The molecule has 4 nitrogen and oxygen atoms in total. The van der Waals surface area contributed by atoms with Gasteiger partial charge in [-0.25, -0.2) is 4.99 Å². The van der Waals surface area contributed by atoms with Gasteiger partial charge in [-0.05, 0) is 36.8 Å². The number of hydrogen-bond donors (Lipinski definition) is 2. The molecule has 2 rings (SSSR count). The van der Waals surface area contributed by atoms with Gasteiger partial charge < -0.3 is 11.5 Å². The number of pyridine rings is 1. The molecule has 17 heavy (non-hydrogen) atoms. The van der Waals surface area contributed by atoms with Gasteiger partial charge >= 0.3 is 0 Å². The highest BCUT2D eigenvalue weighted by atomic mass is 15.0. The molecular weight excluding hydrogens is 212 g/mol.